The molecule has 1 rings (SSSR count). The summed E-state index contributed by atoms with van der Waals surface area (Å²) in [4.78, 5) is 11.7. The van der Waals surface area contributed by atoms with Crippen LogP contribution in [0.5, 0.6) is 0 Å². The fourth-order valence-electron chi connectivity index (χ4n) is 1.48. The third-order valence-corrected chi connectivity index (χ3v) is 3.22. The van der Waals surface area contributed by atoms with Crippen molar-refractivity contribution in [2.24, 2.45) is 11.7 Å². The molecule has 0 bridgehead atoms. The van der Waals surface area contributed by atoms with Gasteiger partial charge < -0.3 is 11.1 Å². The zero-order chi connectivity index (χ0) is 12.0. The van der Waals surface area contributed by atoms with Crippen LogP contribution in [0.1, 0.15) is 33.1 Å². The number of anilines is 1. The predicted octanol–water partition coefficient (Wildman–Crippen LogP) is 2.84. The number of nitrogens with two attached hydrogens (primary N) is 1. The second-order valence-electron chi connectivity index (χ2n) is 4.31. The minimum atomic E-state index is 0.0543. The van der Waals surface area contributed by atoms with Gasteiger partial charge in [0.05, 0.1) is 5.69 Å². The first kappa shape index (κ1) is 13.2. The van der Waals surface area contributed by atoms with E-state index in [-0.39, 0.29) is 17.9 Å². The SMILES string of the molecule is CC(N)CCCC(C)C(=O)Nc1ccsc1. The third kappa shape index (κ3) is 4.77. The lowest BCUT2D eigenvalue weighted by Crippen LogP contribution is -2.21. The van der Waals surface area contributed by atoms with E-state index in [1.807, 2.05) is 30.7 Å². The maximum Gasteiger partial charge on any atom is 0.227 e. The molecule has 4 heteroatoms. The van der Waals surface area contributed by atoms with Crippen molar-refractivity contribution in [2.75, 3.05) is 5.32 Å². The van der Waals surface area contributed by atoms with Crippen LogP contribution in [0.15, 0.2) is 16.8 Å². The number of carbonyl (C=O) groups excluding carboxylic acids is 1. The van der Waals surface area contributed by atoms with Crippen molar-refractivity contribution in [2.45, 2.75) is 39.2 Å². The Hall–Kier alpha value is -0.870. The molecule has 2 unspecified atom stereocenters. The third-order valence-electron chi connectivity index (χ3n) is 2.53. The summed E-state index contributed by atoms with van der Waals surface area (Å²) in [5.41, 5.74) is 6.56. The van der Waals surface area contributed by atoms with Gasteiger partial charge in [0, 0.05) is 17.3 Å². The van der Waals surface area contributed by atoms with E-state index in [2.05, 4.69) is 5.32 Å². The molecule has 1 amide bonds. The van der Waals surface area contributed by atoms with Gasteiger partial charge in [0.1, 0.15) is 0 Å². The molecular weight excluding hydrogens is 220 g/mol. The average Bonchev–Trinajstić information content (AvgIpc) is 2.69. The van der Waals surface area contributed by atoms with Crippen molar-refractivity contribution >= 4 is 22.9 Å². The van der Waals surface area contributed by atoms with E-state index >= 15 is 0 Å². The smallest absolute Gasteiger partial charge is 0.227 e. The number of nitrogens with one attached hydrogen (secondary N) is 1. The molecule has 0 radical (unpaired) electrons. The predicted molar refractivity (Wildman–Crippen MR) is 69.6 cm³/mol. The zero-order valence-electron chi connectivity index (χ0n) is 9.90. The van der Waals surface area contributed by atoms with E-state index in [1.165, 1.54) is 0 Å². The zero-order valence-corrected chi connectivity index (χ0v) is 10.7. The molecular formula is C12H20N2OS. The van der Waals surface area contributed by atoms with Gasteiger partial charge in [-0.3, -0.25) is 4.79 Å². The van der Waals surface area contributed by atoms with Gasteiger partial charge in [0.2, 0.25) is 5.91 Å². The number of hydrogen-bond donors (Lipinski definition) is 2. The van der Waals surface area contributed by atoms with Crippen LogP contribution in [-0.2, 0) is 4.79 Å². The Bertz CT molecular complexity index is 309. The summed E-state index contributed by atoms with van der Waals surface area (Å²) in [6.45, 7) is 3.96. The van der Waals surface area contributed by atoms with Crippen molar-refractivity contribution in [3.63, 3.8) is 0 Å². The molecule has 0 fully saturated rings. The lowest BCUT2D eigenvalue weighted by molar-refractivity contribution is -0.119. The Morgan fingerprint density at radius 1 is 1.50 bits per heavy atom. The summed E-state index contributed by atoms with van der Waals surface area (Å²) >= 11 is 1.58. The minimum Gasteiger partial charge on any atom is -0.328 e. The highest BCUT2D eigenvalue weighted by atomic mass is 32.1. The summed E-state index contributed by atoms with van der Waals surface area (Å²) in [7, 11) is 0. The highest BCUT2D eigenvalue weighted by molar-refractivity contribution is 7.08. The molecule has 0 aliphatic heterocycles. The van der Waals surface area contributed by atoms with Crippen LogP contribution in [0.4, 0.5) is 5.69 Å². The molecule has 0 spiro atoms. The van der Waals surface area contributed by atoms with Crippen molar-refractivity contribution in [3.8, 4) is 0 Å². The first-order valence-corrected chi connectivity index (χ1v) is 6.62. The molecule has 0 saturated carbocycles. The lowest BCUT2D eigenvalue weighted by atomic mass is 10.0. The van der Waals surface area contributed by atoms with Crippen molar-refractivity contribution in [1.29, 1.82) is 0 Å². The number of thiophene rings is 1. The standard InChI is InChI=1S/C12H20N2OS/c1-9(4-3-5-10(2)13)12(15)14-11-6-7-16-8-11/h6-10H,3-5,13H2,1-2H3,(H,14,15). The normalized spacial score (nSPS) is 14.4. The molecule has 0 aromatic carbocycles. The Labute approximate surface area is 101 Å². The molecule has 0 aliphatic rings. The van der Waals surface area contributed by atoms with Crippen molar-refractivity contribution in [1.82, 2.24) is 0 Å². The van der Waals surface area contributed by atoms with Crippen LogP contribution in [0.2, 0.25) is 0 Å². The van der Waals surface area contributed by atoms with E-state index in [0.717, 1.165) is 24.9 Å². The first-order chi connectivity index (χ1) is 7.59. The second-order valence-corrected chi connectivity index (χ2v) is 5.09. The summed E-state index contributed by atoms with van der Waals surface area (Å²) < 4.78 is 0. The molecule has 0 aliphatic carbocycles. The largest absolute Gasteiger partial charge is 0.328 e. The summed E-state index contributed by atoms with van der Waals surface area (Å²) in [6, 6.07) is 2.14. The van der Waals surface area contributed by atoms with Crippen LogP contribution >= 0.6 is 11.3 Å². The molecule has 1 aromatic heterocycles. The Balaban J connectivity index is 2.25. The van der Waals surface area contributed by atoms with Crippen molar-refractivity contribution in [3.05, 3.63) is 16.8 Å². The Morgan fingerprint density at radius 3 is 2.81 bits per heavy atom. The first-order valence-electron chi connectivity index (χ1n) is 5.68. The summed E-state index contributed by atoms with van der Waals surface area (Å²) in [5, 5.41) is 6.79. The van der Waals surface area contributed by atoms with Gasteiger partial charge in [-0.2, -0.15) is 11.3 Å². The van der Waals surface area contributed by atoms with Gasteiger partial charge in [0.15, 0.2) is 0 Å². The van der Waals surface area contributed by atoms with Gasteiger partial charge in [0.25, 0.3) is 0 Å². The lowest BCUT2D eigenvalue weighted by Gasteiger charge is -2.11. The molecule has 16 heavy (non-hydrogen) atoms. The number of carbonyl (C=O) groups is 1. The molecule has 1 heterocycles. The molecule has 90 valence electrons. The second kappa shape index (κ2) is 6.66. The van der Waals surface area contributed by atoms with Crippen LogP contribution in [-0.4, -0.2) is 11.9 Å². The quantitative estimate of drug-likeness (QED) is 0.803. The number of hydrogen-bond acceptors (Lipinski definition) is 3. The highest BCUT2D eigenvalue weighted by Gasteiger charge is 2.12. The topological polar surface area (TPSA) is 55.1 Å². The summed E-state index contributed by atoms with van der Waals surface area (Å²) in [6.07, 6.45) is 2.89. The number of rotatable bonds is 6. The van der Waals surface area contributed by atoms with Gasteiger partial charge in [-0.15, -0.1) is 0 Å². The van der Waals surface area contributed by atoms with Crippen LogP contribution in [0.3, 0.4) is 0 Å². The van der Waals surface area contributed by atoms with Gasteiger partial charge >= 0.3 is 0 Å². The maximum atomic E-state index is 11.7. The molecule has 0 saturated heterocycles. The van der Waals surface area contributed by atoms with Gasteiger partial charge in [-0.1, -0.05) is 13.3 Å². The fraction of sp³-hybridized carbons (Fsp3) is 0.583. The van der Waals surface area contributed by atoms with Gasteiger partial charge in [-0.25, -0.2) is 0 Å². The van der Waals surface area contributed by atoms with E-state index in [4.69, 9.17) is 5.73 Å². The molecule has 3 nitrogen and oxygen atoms in total. The van der Waals surface area contributed by atoms with E-state index in [1.54, 1.807) is 11.3 Å². The van der Waals surface area contributed by atoms with Crippen LogP contribution in [0.25, 0.3) is 0 Å². The Morgan fingerprint density at radius 2 is 2.25 bits per heavy atom. The van der Waals surface area contributed by atoms with E-state index in [9.17, 15) is 4.79 Å². The minimum absolute atomic E-state index is 0.0543. The number of amides is 1. The average molecular weight is 240 g/mol. The van der Waals surface area contributed by atoms with E-state index < -0.39 is 0 Å². The Kier molecular flexibility index (Phi) is 5.49. The molecule has 2 atom stereocenters. The van der Waals surface area contributed by atoms with Gasteiger partial charge in [-0.05, 0) is 31.2 Å². The van der Waals surface area contributed by atoms with E-state index in [0.29, 0.717) is 0 Å². The highest BCUT2D eigenvalue weighted by Crippen LogP contribution is 2.15. The molecule has 3 N–H and O–H groups in total. The fourth-order valence-corrected chi connectivity index (χ4v) is 2.07. The van der Waals surface area contributed by atoms with Crippen molar-refractivity contribution < 1.29 is 4.79 Å². The van der Waals surface area contributed by atoms with Crippen LogP contribution < -0.4 is 11.1 Å². The molecule has 1 aromatic rings. The monoisotopic (exact) mass is 240 g/mol. The van der Waals surface area contributed by atoms with Crippen LogP contribution in [0, 0.1) is 5.92 Å². The maximum absolute atomic E-state index is 11.7. The summed E-state index contributed by atoms with van der Waals surface area (Å²) in [5.74, 6) is 0.154.